The molecular weight excluding hydrogens is 248 g/mol. The van der Waals surface area contributed by atoms with Crippen LogP contribution < -0.4 is 5.73 Å². The quantitative estimate of drug-likeness (QED) is 0.923. The summed E-state index contributed by atoms with van der Waals surface area (Å²) in [6, 6.07) is 5.51. The first-order valence-corrected chi connectivity index (χ1v) is 6.25. The number of hydrogen-bond donors (Lipinski definition) is 1. The van der Waals surface area contributed by atoms with E-state index in [0.717, 1.165) is 24.0 Å². The zero-order valence-electron chi connectivity index (χ0n) is 11.0. The van der Waals surface area contributed by atoms with Gasteiger partial charge in [0, 0.05) is 6.54 Å². The van der Waals surface area contributed by atoms with Gasteiger partial charge in [-0.25, -0.2) is 8.78 Å². The van der Waals surface area contributed by atoms with Gasteiger partial charge < -0.3 is 5.73 Å². The topological polar surface area (TPSA) is 43.8 Å². The van der Waals surface area contributed by atoms with Crippen molar-refractivity contribution in [1.29, 1.82) is 0 Å². The smallest absolute Gasteiger partial charge is 0.159 e. The molecule has 1 atom stereocenters. The monoisotopic (exact) mass is 265 g/mol. The number of halogens is 2. The first-order valence-electron chi connectivity index (χ1n) is 6.25. The molecule has 0 radical (unpaired) electrons. The van der Waals surface area contributed by atoms with Crippen molar-refractivity contribution in [1.82, 2.24) is 9.78 Å². The minimum atomic E-state index is -0.843. The third-order valence-corrected chi connectivity index (χ3v) is 3.05. The second-order valence-corrected chi connectivity index (χ2v) is 4.59. The first kappa shape index (κ1) is 13.7. The van der Waals surface area contributed by atoms with Crippen LogP contribution in [0.15, 0.2) is 24.3 Å². The Hall–Kier alpha value is -1.75. The predicted molar refractivity (Wildman–Crippen MR) is 69.6 cm³/mol. The molecule has 1 aromatic heterocycles. The first-order chi connectivity index (χ1) is 9.01. The number of aromatic nitrogens is 2. The number of nitrogens with zero attached hydrogens (tertiary/aromatic N) is 2. The maximum Gasteiger partial charge on any atom is 0.159 e. The van der Waals surface area contributed by atoms with E-state index in [0.29, 0.717) is 12.0 Å². The molecule has 2 rings (SSSR count). The van der Waals surface area contributed by atoms with Crippen LogP contribution >= 0.6 is 0 Å². The van der Waals surface area contributed by atoms with Gasteiger partial charge in [0.05, 0.1) is 17.4 Å². The van der Waals surface area contributed by atoms with E-state index in [1.165, 1.54) is 6.07 Å². The second-order valence-electron chi connectivity index (χ2n) is 4.59. The largest absolute Gasteiger partial charge is 0.322 e. The van der Waals surface area contributed by atoms with Gasteiger partial charge in [-0.1, -0.05) is 6.07 Å². The van der Waals surface area contributed by atoms with Crippen molar-refractivity contribution in [3.05, 3.63) is 52.9 Å². The van der Waals surface area contributed by atoms with Crippen molar-refractivity contribution in [2.24, 2.45) is 5.73 Å². The summed E-state index contributed by atoms with van der Waals surface area (Å²) in [5.41, 5.74) is 8.61. The lowest BCUT2D eigenvalue weighted by molar-refractivity contribution is 0.505. The van der Waals surface area contributed by atoms with Crippen LogP contribution in [0.25, 0.3) is 0 Å². The highest BCUT2D eigenvalue weighted by molar-refractivity contribution is 5.22. The number of aryl methyl sites for hydroxylation is 2. The van der Waals surface area contributed by atoms with Crippen LogP contribution in [0.4, 0.5) is 8.78 Å². The summed E-state index contributed by atoms with van der Waals surface area (Å²) in [6.45, 7) is 4.62. The summed E-state index contributed by atoms with van der Waals surface area (Å²) in [5.74, 6) is -1.68. The van der Waals surface area contributed by atoms with Crippen molar-refractivity contribution >= 4 is 0 Å². The van der Waals surface area contributed by atoms with Gasteiger partial charge in [0.1, 0.15) is 0 Å². The van der Waals surface area contributed by atoms with Gasteiger partial charge in [0.25, 0.3) is 0 Å². The van der Waals surface area contributed by atoms with Gasteiger partial charge in [-0.3, -0.25) is 4.68 Å². The van der Waals surface area contributed by atoms with Crippen LogP contribution in [0.3, 0.4) is 0 Å². The van der Waals surface area contributed by atoms with Crippen LogP contribution in [0.2, 0.25) is 0 Å². The Kier molecular flexibility index (Phi) is 3.95. The SMILES string of the molecule is CCn1nc(C)cc1C(N)Cc1ccc(F)c(F)c1. The molecule has 1 unspecified atom stereocenters. The molecule has 0 saturated carbocycles. The lowest BCUT2D eigenvalue weighted by atomic mass is 10.0. The molecule has 0 aliphatic rings. The fraction of sp³-hybridized carbons (Fsp3) is 0.357. The number of rotatable bonds is 4. The fourth-order valence-electron chi connectivity index (χ4n) is 2.14. The van der Waals surface area contributed by atoms with E-state index < -0.39 is 11.6 Å². The Bertz CT molecular complexity index is 578. The van der Waals surface area contributed by atoms with E-state index in [4.69, 9.17) is 5.73 Å². The molecule has 1 heterocycles. The Morgan fingerprint density at radius 2 is 2.00 bits per heavy atom. The van der Waals surface area contributed by atoms with Crippen LogP contribution in [0.5, 0.6) is 0 Å². The molecule has 0 aliphatic heterocycles. The average molecular weight is 265 g/mol. The Morgan fingerprint density at radius 3 is 2.63 bits per heavy atom. The lowest BCUT2D eigenvalue weighted by Gasteiger charge is -2.13. The number of benzene rings is 1. The molecule has 2 aromatic rings. The Balaban J connectivity index is 2.20. The summed E-state index contributed by atoms with van der Waals surface area (Å²) >= 11 is 0. The van der Waals surface area contributed by atoms with E-state index in [2.05, 4.69) is 5.10 Å². The standard InChI is InChI=1S/C14H17F2N3/c1-3-19-14(6-9(2)18-19)13(17)8-10-4-5-11(15)12(16)7-10/h4-7,13H,3,8,17H2,1-2H3. The fourth-order valence-corrected chi connectivity index (χ4v) is 2.14. The van der Waals surface area contributed by atoms with Crippen molar-refractivity contribution < 1.29 is 8.78 Å². The second kappa shape index (κ2) is 5.48. The summed E-state index contributed by atoms with van der Waals surface area (Å²) in [5, 5.41) is 4.33. The summed E-state index contributed by atoms with van der Waals surface area (Å²) in [6.07, 6.45) is 0.447. The van der Waals surface area contributed by atoms with Gasteiger partial charge in [-0.2, -0.15) is 5.10 Å². The van der Waals surface area contributed by atoms with Crippen LogP contribution in [-0.4, -0.2) is 9.78 Å². The zero-order chi connectivity index (χ0) is 14.0. The molecule has 0 aliphatic carbocycles. The van der Waals surface area contributed by atoms with Gasteiger partial charge in [0.15, 0.2) is 11.6 Å². The van der Waals surface area contributed by atoms with E-state index in [9.17, 15) is 8.78 Å². The Morgan fingerprint density at radius 1 is 1.26 bits per heavy atom. The lowest BCUT2D eigenvalue weighted by Crippen LogP contribution is -2.18. The molecular formula is C14H17F2N3. The molecule has 102 valence electrons. The van der Waals surface area contributed by atoms with E-state index in [-0.39, 0.29) is 6.04 Å². The minimum Gasteiger partial charge on any atom is -0.322 e. The summed E-state index contributed by atoms with van der Waals surface area (Å²) in [4.78, 5) is 0. The minimum absolute atomic E-state index is 0.286. The van der Waals surface area contributed by atoms with Gasteiger partial charge in [-0.05, 0) is 44.0 Å². The van der Waals surface area contributed by atoms with E-state index >= 15 is 0 Å². The van der Waals surface area contributed by atoms with Crippen LogP contribution in [0, 0.1) is 18.6 Å². The normalized spacial score (nSPS) is 12.7. The highest BCUT2D eigenvalue weighted by atomic mass is 19.2. The van der Waals surface area contributed by atoms with Crippen LogP contribution in [0.1, 0.15) is 29.9 Å². The third-order valence-electron chi connectivity index (χ3n) is 3.05. The van der Waals surface area contributed by atoms with Crippen molar-refractivity contribution in [3.63, 3.8) is 0 Å². The van der Waals surface area contributed by atoms with Crippen molar-refractivity contribution in [3.8, 4) is 0 Å². The maximum absolute atomic E-state index is 13.1. The summed E-state index contributed by atoms with van der Waals surface area (Å²) in [7, 11) is 0. The molecule has 0 amide bonds. The molecule has 3 nitrogen and oxygen atoms in total. The molecule has 0 spiro atoms. The van der Waals surface area contributed by atoms with Gasteiger partial charge in [-0.15, -0.1) is 0 Å². The van der Waals surface area contributed by atoms with Crippen molar-refractivity contribution in [2.45, 2.75) is 32.9 Å². The highest BCUT2D eigenvalue weighted by Crippen LogP contribution is 2.18. The average Bonchev–Trinajstić information content (AvgIpc) is 2.75. The van der Waals surface area contributed by atoms with Crippen LogP contribution in [-0.2, 0) is 13.0 Å². The highest BCUT2D eigenvalue weighted by Gasteiger charge is 2.14. The molecule has 2 N–H and O–H groups in total. The molecule has 5 heteroatoms. The van der Waals surface area contributed by atoms with E-state index in [1.807, 2.05) is 24.6 Å². The van der Waals surface area contributed by atoms with Gasteiger partial charge in [0.2, 0.25) is 0 Å². The molecule has 0 bridgehead atoms. The molecule has 0 fully saturated rings. The summed E-state index contributed by atoms with van der Waals surface area (Å²) < 4.78 is 27.8. The number of hydrogen-bond acceptors (Lipinski definition) is 2. The third kappa shape index (κ3) is 2.98. The van der Waals surface area contributed by atoms with Crippen molar-refractivity contribution in [2.75, 3.05) is 0 Å². The Labute approximate surface area is 111 Å². The van der Waals surface area contributed by atoms with Gasteiger partial charge >= 0.3 is 0 Å². The predicted octanol–water partition coefficient (Wildman–Crippen LogP) is 2.73. The molecule has 19 heavy (non-hydrogen) atoms. The molecule has 0 saturated heterocycles. The zero-order valence-corrected chi connectivity index (χ0v) is 11.0. The number of nitrogens with two attached hydrogens (primary N) is 1. The maximum atomic E-state index is 13.1. The molecule has 1 aromatic carbocycles. The van der Waals surface area contributed by atoms with E-state index in [1.54, 1.807) is 6.07 Å².